The first-order chi connectivity index (χ1) is 9.36. The van der Waals surface area contributed by atoms with Crippen LogP contribution in [0.1, 0.15) is 12.5 Å². The van der Waals surface area contributed by atoms with Crippen LogP contribution in [0.3, 0.4) is 0 Å². The molecule has 3 rings (SSSR count). The van der Waals surface area contributed by atoms with E-state index >= 15 is 0 Å². The van der Waals surface area contributed by atoms with Crippen LogP contribution in [0.2, 0.25) is 0 Å². The topological polar surface area (TPSA) is 12.5 Å². The number of para-hydroxylation sites is 2. The van der Waals surface area contributed by atoms with Gasteiger partial charge in [0.25, 0.3) is 0 Å². The summed E-state index contributed by atoms with van der Waals surface area (Å²) in [5.41, 5.74) is 2.35. The van der Waals surface area contributed by atoms with Crippen LogP contribution >= 0.6 is 0 Å². The van der Waals surface area contributed by atoms with Crippen molar-refractivity contribution < 1.29 is 4.74 Å². The van der Waals surface area contributed by atoms with Crippen molar-refractivity contribution in [3.63, 3.8) is 0 Å². The highest BCUT2D eigenvalue weighted by atomic mass is 16.5. The summed E-state index contributed by atoms with van der Waals surface area (Å²) in [5.74, 6) is 1.93. The summed E-state index contributed by atoms with van der Waals surface area (Å²) in [5, 5.41) is 0. The quantitative estimate of drug-likeness (QED) is 0.801. The third-order valence-electron chi connectivity index (χ3n) is 3.30. The van der Waals surface area contributed by atoms with Gasteiger partial charge in [0.05, 0.1) is 12.2 Å². The summed E-state index contributed by atoms with van der Waals surface area (Å²) >= 11 is 0. The Labute approximate surface area is 113 Å². The van der Waals surface area contributed by atoms with Gasteiger partial charge in [0.2, 0.25) is 0 Å². The van der Waals surface area contributed by atoms with E-state index in [0.29, 0.717) is 0 Å². The van der Waals surface area contributed by atoms with Crippen LogP contribution in [0.5, 0.6) is 5.75 Å². The number of hydrogen-bond donors (Lipinski definition) is 0. The molecule has 0 bridgehead atoms. The van der Waals surface area contributed by atoms with E-state index in [0.717, 1.165) is 24.6 Å². The minimum Gasteiger partial charge on any atom is -0.458 e. The van der Waals surface area contributed by atoms with Crippen molar-refractivity contribution in [1.29, 1.82) is 0 Å². The van der Waals surface area contributed by atoms with Gasteiger partial charge in [0, 0.05) is 6.54 Å². The molecule has 1 aliphatic heterocycles. The van der Waals surface area contributed by atoms with Gasteiger partial charge in [0.1, 0.15) is 11.5 Å². The van der Waals surface area contributed by atoms with E-state index in [1.54, 1.807) is 0 Å². The summed E-state index contributed by atoms with van der Waals surface area (Å²) < 4.78 is 5.99. The van der Waals surface area contributed by atoms with E-state index in [-0.39, 0.29) is 0 Å². The molecule has 1 heterocycles. The summed E-state index contributed by atoms with van der Waals surface area (Å²) in [6.07, 6.45) is 2.11. The molecule has 2 aromatic rings. The van der Waals surface area contributed by atoms with Gasteiger partial charge in [-0.3, -0.25) is 0 Å². The molecule has 1 aliphatic rings. The van der Waals surface area contributed by atoms with Gasteiger partial charge in [-0.15, -0.1) is 0 Å². The standard InChI is InChI=1S/C17H17NO/c1-2-18-13-15(12-14-8-4-3-5-9-14)19-17-11-7-6-10-16(17)18/h3-12H,2,13H2,1H3/b15-12+. The zero-order valence-electron chi connectivity index (χ0n) is 11.0. The van der Waals surface area contributed by atoms with Crippen molar-refractivity contribution in [2.45, 2.75) is 6.92 Å². The molecule has 0 aliphatic carbocycles. The maximum Gasteiger partial charge on any atom is 0.150 e. The van der Waals surface area contributed by atoms with E-state index in [1.807, 2.05) is 30.3 Å². The first kappa shape index (κ1) is 11.8. The molecule has 2 nitrogen and oxygen atoms in total. The molecule has 0 radical (unpaired) electrons. The van der Waals surface area contributed by atoms with Crippen molar-refractivity contribution in [3.05, 3.63) is 65.9 Å². The Morgan fingerprint density at radius 3 is 2.58 bits per heavy atom. The molecular weight excluding hydrogens is 234 g/mol. The molecule has 0 amide bonds. The van der Waals surface area contributed by atoms with Crippen LogP contribution in [0.4, 0.5) is 5.69 Å². The Bertz CT molecular complexity index is 589. The average molecular weight is 251 g/mol. The van der Waals surface area contributed by atoms with Crippen molar-refractivity contribution in [1.82, 2.24) is 0 Å². The van der Waals surface area contributed by atoms with Crippen LogP contribution in [0.15, 0.2) is 60.4 Å². The highest BCUT2D eigenvalue weighted by Gasteiger charge is 2.19. The van der Waals surface area contributed by atoms with Crippen molar-refractivity contribution in [2.24, 2.45) is 0 Å². The van der Waals surface area contributed by atoms with E-state index < -0.39 is 0 Å². The Morgan fingerprint density at radius 1 is 1.05 bits per heavy atom. The van der Waals surface area contributed by atoms with Gasteiger partial charge in [-0.05, 0) is 30.7 Å². The molecule has 0 spiro atoms. The molecular formula is C17H17NO. The van der Waals surface area contributed by atoms with Crippen molar-refractivity contribution in [3.8, 4) is 5.75 Å². The minimum atomic E-state index is 0.822. The first-order valence-electron chi connectivity index (χ1n) is 6.64. The molecule has 0 saturated heterocycles. The number of fused-ring (bicyclic) bond motifs is 1. The normalized spacial score (nSPS) is 16.1. The lowest BCUT2D eigenvalue weighted by Crippen LogP contribution is -2.30. The van der Waals surface area contributed by atoms with E-state index in [9.17, 15) is 0 Å². The van der Waals surface area contributed by atoms with Crippen molar-refractivity contribution >= 4 is 11.8 Å². The molecule has 0 aromatic heterocycles. The lowest BCUT2D eigenvalue weighted by atomic mass is 10.1. The summed E-state index contributed by atoms with van der Waals surface area (Å²) in [7, 11) is 0. The number of nitrogens with zero attached hydrogens (tertiary/aromatic N) is 1. The smallest absolute Gasteiger partial charge is 0.150 e. The second-order valence-electron chi connectivity index (χ2n) is 4.61. The third-order valence-corrected chi connectivity index (χ3v) is 3.30. The molecule has 0 unspecified atom stereocenters. The lowest BCUT2D eigenvalue weighted by molar-refractivity contribution is 0.401. The van der Waals surface area contributed by atoms with Crippen molar-refractivity contribution in [2.75, 3.05) is 18.0 Å². The van der Waals surface area contributed by atoms with Gasteiger partial charge in [-0.1, -0.05) is 42.5 Å². The monoisotopic (exact) mass is 251 g/mol. The maximum absolute atomic E-state index is 5.99. The number of rotatable bonds is 2. The van der Waals surface area contributed by atoms with Crippen LogP contribution in [0.25, 0.3) is 6.08 Å². The highest BCUT2D eigenvalue weighted by molar-refractivity contribution is 5.64. The highest BCUT2D eigenvalue weighted by Crippen LogP contribution is 2.34. The fourth-order valence-electron chi connectivity index (χ4n) is 2.34. The number of hydrogen-bond acceptors (Lipinski definition) is 2. The molecule has 2 heteroatoms. The largest absolute Gasteiger partial charge is 0.458 e. The Hall–Kier alpha value is -2.22. The zero-order valence-corrected chi connectivity index (χ0v) is 11.0. The number of likely N-dealkylation sites (N-methyl/N-ethyl adjacent to an activating group) is 1. The summed E-state index contributed by atoms with van der Waals surface area (Å²) in [6.45, 7) is 3.97. The lowest BCUT2D eigenvalue weighted by Gasteiger charge is -2.31. The van der Waals surface area contributed by atoms with E-state index in [4.69, 9.17) is 4.74 Å². The van der Waals surface area contributed by atoms with Gasteiger partial charge in [0.15, 0.2) is 0 Å². The number of ether oxygens (including phenoxy) is 1. The molecule has 0 fully saturated rings. The summed E-state index contributed by atoms with van der Waals surface area (Å²) in [4.78, 5) is 2.33. The minimum absolute atomic E-state index is 0.822. The molecule has 0 saturated carbocycles. The predicted octanol–water partition coefficient (Wildman–Crippen LogP) is 3.95. The Morgan fingerprint density at radius 2 is 1.79 bits per heavy atom. The molecule has 0 atom stereocenters. The van der Waals surface area contributed by atoms with Gasteiger partial charge in [-0.2, -0.15) is 0 Å². The van der Waals surface area contributed by atoms with Gasteiger partial charge < -0.3 is 9.64 Å². The van der Waals surface area contributed by atoms with Crippen LogP contribution in [-0.2, 0) is 0 Å². The Balaban J connectivity index is 1.94. The van der Waals surface area contributed by atoms with Crippen LogP contribution < -0.4 is 9.64 Å². The summed E-state index contributed by atoms with van der Waals surface area (Å²) in [6, 6.07) is 18.5. The average Bonchev–Trinajstić information content (AvgIpc) is 2.47. The number of benzene rings is 2. The third kappa shape index (κ3) is 2.48. The second kappa shape index (κ2) is 5.19. The fraction of sp³-hybridized carbons (Fsp3) is 0.176. The molecule has 2 aromatic carbocycles. The predicted molar refractivity (Wildman–Crippen MR) is 79.4 cm³/mol. The van der Waals surface area contributed by atoms with Crippen LogP contribution in [-0.4, -0.2) is 13.1 Å². The maximum atomic E-state index is 5.99. The molecule has 19 heavy (non-hydrogen) atoms. The second-order valence-corrected chi connectivity index (χ2v) is 4.61. The van der Waals surface area contributed by atoms with E-state index in [2.05, 4.69) is 42.2 Å². The molecule has 96 valence electrons. The van der Waals surface area contributed by atoms with Crippen LogP contribution in [0, 0.1) is 0 Å². The fourth-order valence-corrected chi connectivity index (χ4v) is 2.34. The number of anilines is 1. The first-order valence-corrected chi connectivity index (χ1v) is 6.64. The zero-order chi connectivity index (χ0) is 13.1. The SMILES string of the molecule is CCN1C/C(=C\c2ccccc2)Oc2ccccc21. The Kier molecular flexibility index (Phi) is 3.23. The molecule has 0 N–H and O–H groups in total. The van der Waals surface area contributed by atoms with Gasteiger partial charge >= 0.3 is 0 Å². The van der Waals surface area contributed by atoms with E-state index in [1.165, 1.54) is 11.3 Å². The van der Waals surface area contributed by atoms with Gasteiger partial charge in [-0.25, -0.2) is 0 Å².